The number of aromatic nitrogens is 3. The van der Waals surface area contributed by atoms with Gasteiger partial charge in [0.1, 0.15) is 11.3 Å². The molecule has 0 spiro atoms. The quantitative estimate of drug-likeness (QED) is 0.620. The lowest BCUT2D eigenvalue weighted by Gasteiger charge is -2.35. The lowest BCUT2D eigenvalue weighted by molar-refractivity contribution is 0.0946. The number of rotatable bonds is 6. The van der Waals surface area contributed by atoms with E-state index < -0.39 is 0 Å². The van der Waals surface area contributed by atoms with Crippen molar-refractivity contribution in [2.24, 2.45) is 0 Å². The monoisotopic (exact) mass is 432 g/mol. The minimum absolute atomic E-state index is 0.0529. The van der Waals surface area contributed by atoms with Crippen molar-refractivity contribution in [2.45, 2.75) is 38.8 Å². The average Bonchev–Trinajstić information content (AvgIpc) is 3.63. The van der Waals surface area contributed by atoms with Crippen molar-refractivity contribution in [3.05, 3.63) is 63.8 Å². The zero-order chi connectivity index (χ0) is 22.1. The van der Waals surface area contributed by atoms with Gasteiger partial charge in [-0.2, -0.15) is 0 Å². The average molecular weight is 433 g/mol. The Morgan fingerprint density at radius 2 is 1.97 bits per heavy atom. The van der Waals surface area contributed by atoms with E-state index in [1.54, 1.807) is 6.20 Å². The number of aryl methyl sites for hydroxylation is 1. The standard InChI is InChI=1S/C24H28N6O2/c1-2-16-13-17-3-4-19(26-22(17)28-23(16)31)15-29-9-11-30(12-10-29)20-7-8-21(25-14-20)24(32)27-18-5-6-18/h3-4,7-8,13-14,18H,2,5-6,9-12,15H2,1H3,(H,27,32)(H,26,28,31). The van der Waals surface area contributed by atoms with Gasteiger partial charge in [-0.15, -0.1) is 0 Å². The van der Waals surface area contributed by atoms with Crippen LogP contribution in [-0.2, 0) is 13.0 Å². The van der Waals surface area contributed by atoms with Gasteiger partial charge in [0.25, 0.3) is 11.5 Å². The van der Waals surface area contributed by atoms with Crippen molar-refractivity contribution in [3.8, 4) is 0 Å². The van der Waals surface area contributed by atoms with Crippen LogP contribution in [0.3, 0.4) is 0 Å². The maximum Gasteiger partial charge on any atom is 0.270 e. The zero-order valence-corrected chi connectivity index (χ0v) is 18.3. The number of hydrogen-bond donors (Lipinski definition) is 2. The third kappa shape index (κ3) is 4.50. The second kappa shape index (κ2) is 8.70. The smallest absolute Gasteiger partial charge is 0.270 e. The molecule has 1 amide bonds. The zero-order valence-electron chi connectivity index (χ0n) is 18.3. The van der Waals surface area contributed by atoms with E-state index in [9.17, 15) is 9.59 Å². The van der Waals surface area contributed by atoms with Crippen molar-refractivity contribution < 1.29 is 4.79 Å². The highest BCUT2D eigenvalue weighted by Crippen LogP contribution is 2.20. The lowest BCUT2D eigenvalue weighted by Crippen LogP contribution is -2.46. The molecule has 8 heteroatoms. The molecule has 3 aromatic heterocycles. The van der Waals surface area contributed by atoms with Gasteiger partial charge >= 0.3 is 0 Å². The van der Waals surface area contributed by atoms with E-state index in [0.717, 1.165) is 67.9 Å². The number of carbonyl (C=O) groups excluding carboxylic acids is 1. The van der Waals surface area contributed by atoms with Crippen LogP contribution in [-0.4, -0.2) is 58.0 Å². The molecule has 4 heterocycles. The summed E-state index contributed by atoms with van der Waals surface area (Å²) in [7, 11) is 0. The highest BCUT2D eigenvalue weighted by molar-refractivity contribution is 5.92. The van der Waals surface area contributed by atoms with E-state index in [1.807, 2.05) is 37.3 Å². The Balaban J connectivity index is 1.18. The first-order valence-electron chi connectivity index (χ1n) is 11.3. The van der Waals surface area contributed by atoms with Crippen molar-refractivity contribution >= 4 is 22.6 Å². The summed E-state index contributed by atoms with van der Waals surface area (Å²) in [6.45, 7) is 6.33. The van der Waals surface area contributed by atoms with Gasteiger partial charge in [-0.3, -0.25) is 14.5 Å². The second-order valence-electron chi connectivity index (χ2n) is 8.63. The third-order valence-electron chi connectivity index (χ3n) is 6.23. The number of anilines is 1. The molecule has 0 radical (unpaired) electrons. The van der Waals surface area contributed by atoms with E-state index in [-0.39, 0.29) is 11.5 Å². The molecule has 2 fully saturated rings. The molecule has 0 aromatic carbocycles. The molecular formula is C24H28N6O2. The predicted molar refractivity (Wildman–Crippen MR) is 124 cm³/mol. The predicted octanol–water partition coefficient (Wildman–Crippen LogP) is 2.09. The van der Waals surface area contributed by atoms with Gasteiger partial charge < -0.3 is 15.2 Å². The molecule has 0 atom stereocenters. The minimum atomic E-state index is -0.0842. The van der Waals surface area contributed by atoms with Gasteiger partial charge in [0.05, 0.1) is 17.6 Å². The van der Waals surface area contributed by atoms with Crippen LogP contribution in [0, 0.1) is 0 Å². The van der Waals surface area contributed by atoms with E-state index in [4.69, 9.17) is 0 Å². The summed E-state index contributed by atoms with van der Waals surface area (Å²) in [6, 6.07) is 10.1. The number of pyridine rings is 3. The maximum absolute atomic E-state index is 12.1. The van der Waals surface area contributed by atoms with E-state index in [0.29, 0.717) is 23.8 Å². The van der Waals surface area contributed by atoms with Crippen LogP contribution in [0.15, 0.2) is 41.3 Å². The first kappa shape index (κ1) is 20.6. The molecule has 32 heavy (non-hydrogen) atoms. The van der Waals surface area contributed by atoms with Gasteiger partial charge in [-0.05, 0) is 49.6 Å². The molecule has 8 nitrogen and oxygen atoms in total. The van der Waals surface area contributed by atoms with Crippen LogP contribution >= 0.6 is 0 Å². The SMILES string of the molecule is CCc1cc2ccc(CN3CCN(c4ccc(C(=O)NC5CC5)nc4)CC3)nc2[nH]c1=O. The van der Waals surface area contributed by atoms with Crippen molar-refractivity contribution in [3.63, 3.8) is 0 Å². The number of carbonyl (C=O) groups is 1. The summed E-state index contributed by atoms with van der Waals surface area (Å²) in [6.07, 6.45) is 4.65. The fraction of sp³-hybridized carbons (Fsp3) is 0.417. The number of amides is 1. The van der Waals surface area contributed by atoms with Crippen molar-refractivity contribution in [2.75, 3.05) is 31.1 Å². The molecule has 1 saturated heterocycles. The number of nitrogens with zero attached hydrogens (tertiary/aromatic N) is 4. The Kier molecular flexibility index (Phi) is 5.61. The minimum Gasteiger partial charge on any atom is -0.368 e. The fourth-order valence-electron chi connectivity index (χ4n) is 4.11. The van der Waals surface area contributed by atoms with Crippen LogP contribution in [0.1, 0.15) is 41.5 Å². The van der Waals surface area contributed by atoms with Crippen molar-refractivity contribution in [1.82, 2.24) is 25.2 Å². The van der Waals surface area contributed by atoms with Crippen LogP contribution < -0.4 is 15.8 Å². The molecule has 166 valence electrons. The van der Waals surface area contributed by atoms with Crippen LogP contribution in [0.2, 0.25) is 0 Å². The summed E-state index contributed by atoms with van der Waals surface area (Å²) in [5.74, 6) is -0.0842. The highest BCUT2D eigenvalue weighted by Gasteiger charge is 2.24. The first-order valence-corrected chi connectivity index (χ1v) is 11.3. The van der Waals surface area contributed by atoms with Crippen molar-refractivity contribution in [1.29, 1.82) is 0 Å². The lowest BCUT2D eigenvalue weighted by atomic mass is 10.1. The molecule has 5 rings (SSSR count). The molecular weight excluding hydrogens is 404 g/mol. The number of piperazine rings is 1. The van der Waals surface area contributed by atoms with E-state index in [1.165, 1.54) is 0 Å². The normalized spacial score (nSPS) is 17.0. The molecule has 1 aliphatic heterocycles. The summed E-state index contributed by atoms with van der Waals surface area (Å²) < 4.78 is 0. The Hall–Kier alpha value is -3.26. The first-order chi connectivity index (χ1) is 15.6. The van der Waals surface area contributed by atoms with Crippen LogP contribution in [0.5, 0.6) is 0 Å². The maximum atomic E-state index is 12.1. The fourth-order valence-corrected chi connectivity index (χ4v) is 4.11. The number of aromatic amines is 1. The topological polar surface area (TPSA) is 94.2 Å². The van der Waals surface area contributed by atoms with Gasteiger partial charge in [0, 0.05) is 49.7 Å². The summed E-state index contributed by atoms with van der Waals surface area (Å²) >= 11 is 0. The Morgan fingerprint density at radius 3 is 2.66 bits per heavy atom. The van der Waals surface area contributed by atoms with Gasteiger partial charge in [-0.25, -0.2) is 9.97 Å². The van der Waals surface area contributed by atoms with Gasteiger partial charge in [0.15, 0.2) is 0 Å². The largest absolute Gasteiger partial charge is 0.368 e. The van der Waals surface area contributed by atoms with Crippen LogP contribution in [0.25, 0.3) is 11.0 Å². The molecule has 1 aliphatic carbocycles. The Labute approximate surface area is 186 Å². The van der Waals surface area contributed by atoms with Gasteiger partial charge in [0.2, 0.25) is 0 Å². The Morgan fingerprint density at radius 1 is 1.16 bits per heavy atom. The third-order valence-corrected chi connectivity index (χ3v) is 6.23. The van der Waals surface area contributed by atoms with Crippen LogP contribution in [0.4, 0.5) is 5.69 Å². The van der Waals surface area contributed by atoms with E-state index >= 15 is 0 Å². The number of fused-ring (bicyclic) bond motifs is 1. The van der Waals surface area contributed by atoms with E-state index in [2.05, 4.69) is 30.1 Å². The summed E-state index contributed by atoms with van der Waals surface area (Å²) in [5.41, 5.74) is 3.86. The molecule has 2 aliphatic rings. The second-order valence-corrected chi connectivity index (χ2v) is 8.63. The number of H-pyrrole nitrogens is 1. The molecule has 0 bridgehead atoms. The van der Waals surface area contributed by atoms with Gasteiger partial charge in [-0.1, -0.05) is 6.92 Å². The number of nitrogens with one attached hydrogen (secondary N) is 2. The molecule has 3 aromatic rings. The summed E-state index contributed by atoms with van der Waals surface area (Å²) in [4.78, 5) is 40.8. The molecule has 2 N–H and O–H groups in total. The highest BCUT2D eigenvalue weighted by atomic mass is 16.2. The molecule has 0 unspecified atom stereocenters. The number of hydrogen-bond acceptors (Lipinski definition) is 6. The summed E-state index contributed by atoms with van der Waals surface area (Å²) in [5, 5.41) is 3.94. The molecule has 1 saturated carbocycles. The Bertz CT molecular complexity index is 1180.